The van der Waals surface area contributed by atoms with Gasteiger partial charge < -0.3 is 4.98 Å². The molecule has 0 amide bonds. The van der Waals surface area contributed by atoms with Crippen LogP contribution in [0.15, 0.2) is 140 Å². The van der Waals surface area contributed by atoms with Crippen molar-refractivity contribution in [2.24, 2.45) is 29.6 Å². The number of fused-ring (bicyclic) bond motifs is 4. The smallest absolute Gasteiger partial charge is 0.0471 e. The van der Waals surface area contributed by atoms with Gasteiger partial charge in [-0.2, -0.15) is 0 Å². The second-order valence-corrected chi connectivity index (χ2v) is 16.8. The van der Waals surface area contributed by atoms with Crippen molar-refractivity contribution in [1.29, 1.82) is 0 Å². The van der Waals surface area contributed by atoms with E-state index in [0.29, 0.717) is 11.8 Å². The number of hydrogen-bond donors (Lipinski definition) is 1. The molecule has 0 spiro atoms. The Hall–Kier alpha value is -4.88. The van der Waals surface area contributed by atoms with Gasteiger partial charge in [0.1, 0.15) is 0 Å². The van der Waals surface area contributed by atoms with Gasteiger partial charge in [-0.25, -0.2) is 0 Å². The molecule has 52 heavy (non-hydrogen) atoms. The van der Waals surface area contributed by atoms with Crippen molar-refractivity contribution < 1.29 is 0 Å². The average molecular weight is 676 g/mol. The lowest BCUT2D eigenvalue weighted by Crippen LogP contribution is -2.34. The third-order valence-electron chi connectivity index (χ3n) is 13.7. The number of H-pyrrole nitrogens is 1. The molecule has 7 aromatic rings. The van der Waals surface area contributed by atoms with Gasteiger partial charge in [-0.3, -0.25) is 0 Å². The Balaban J connectivity index is 0.928. The Morgan fingerprint density at radius 1 is 0.558 bits per heavy atom. The molecule has 1 heteroatoms. The van der Waals surface area contributed by atoms with Gasteiger partial charge in [0, 0.05) is 21.8 Å². The fourth-order valence-corrected chi connectivity index (χ4v) is 11.0. The third-order valence-corrected chi connectivity index (χ3v) is 13.7. The summed E-state index contributed by atoms with van der Waals surface area (Å²) in [5.74, 6) is 5.75. The normalized spacial score (nSPS) is 24.1. The van der Waals surface area contributed by atoms with Gasteiger partial charge >= 0.3 is 0 Å². The zero-order valence-corrected chi connectivity index (χ0v) is 30.6. The van der Waals surface area contributed by atoms with Crippen LogP contribution in [0.4, 0.5) is 0 Å². The van der Waals surface area contributed by atoms with Crippen molar-refractivity contribution in [3.63, 3.8) is 0 Å². The second-order valence-electron chi connectivity index (χ2n) is 16.8. The molecule has 2 bridgehead atoms. The summed E-state index contributed by atoms with van der Waals surface area (Å²) in [6.45, 7) is 4.93. The summed E-state index contributed by atoms with van der Waals surface area (Å²) in [5, 5.41) is 2.64. The fourth-order valence-electron chi connectivity index (χ4n) is 11.0. The highest BCUT2D eigenvalue weighted by atomic mass is 14.7. The van der Waals surface area contributed by atoms with Crippen molar-refractivity contribution in [3.05, 3.63) is 156 Å². The molecule has 1 N–H and O–H groups in total. The number of hydrogen-bond acceptors (Lipinski definition) is 0. The molecule has 0 aliphatic heterocycles. The highest BCUT2D eigenvalue weighted by Gasteiger charge is 2.53. The first kappa shape index (κ1) is 31.8. The minimum absolute atomic E-state index is 0.489. The van der Waals surface area contributed by atoms with Crippen LogP contribution in [-0.4, -0.2) is 4.98 Å². The lowest BCUT2D eigenvalue weighted by Gasteiger charge is -2.43. The highest BCUT2D eigenvalue weighted by Crippen LogP contribution is 2.63. The summed E-state index contributed by atoms with van der Waals surface area (Å²) in [7, 11) is 0. The summed E-state index contributed by atoms with van der Waals surface area (Å²) in [6, 6.07) is 52.6. The van der Waals surface area contributed by atoms with E-state index in [1.54, 1.807) is 5.56 Å². The molecule has 1 heterocycles. The SMILES string of the molecule is CC(CCc1ccc2[nH]c3cc(-c4ccc([C@H]5[C@@H]6C[C@H]7CC(C[C@@H]5C)[C@H]7C6)c(-c5ccccc5)c4)ccc3c2c1)c1cccc(-c2ccccc2)c1. The van der Waals surface area contributed by atoms with Crippen molar-refractivity contribution in [3.8, 4) is 33.4 Å². The van der Waals surface area contributed by atoms with Crippen LogP contribution in [0.5, 0.6) is 0 Å². The summed E-state index contributed by atoms with van der Waals surface area (Å²) in [4.78, 5) is 3.78. The molecule has 3 saturated carbocycles. The number of aryl methyl sites for hydroxylation is 1. The van der Waals surface area contributed by atoms with Gasteiger partial charge in [0.05, 0.1) is 0 Å². The molecular formula is C51H49N. The van der Waals surface area contributed by atoms with Crippen LogP contribution in [0.25, 0.3) is 55.2 Å². The zero-order valence-electron chi connectivity index (χ0n) is 30.6. The number of aromatic nitrogens is 1. The van der Waals surface area contributed by atoms with Gasteiger partial charge in [0.15, 0.2) is 0 Å². The van der Waals surface area contributed by atoms with E-state index >= 15 is 0 Å². The molecule has 1 nitrogen and oxygen atoms in total. The summed E-state index contributed by atoms with van der Waals surface area (Å²) in [6.07, 6.45) is 8.02. The summed E-state index contributed by atoms with van der Waals surface area (Å²) < 4.78 is 0. The standard InChI is InChI=1S/C51H49N/c1-32(37-14-9-15-38(26-37)35-10-5-3-6-11-35)16-17-34-18-23-49-48(25-34)44-21-19-40(31-50(44)52-49)39-20-22-45(47(29-39)36-12-7-4-8-13-36)51-33(2)24-41-27-42-28-43(51)30-46(41)42/h3-15,18-23,25-26,29,31-33,41-43,46,51-52H,16-17,24,27-28,30H2,1-2H3/t32?,33-,41?,42+,43+,46+,51+/m0/s1. The molecule has 258 valence electrons. The first-order valence-corrected chi connectivity index (χ1v) is 20.0. The van der Waals surface area contributed by atoms with Gasteiger partial charge in [0.25, 0.3) is 0 Å². The van der Waals surface area contributed by atoms with E-state index in [1.807, 2.05) is 0 Å². The molecule has 6 aromatic carbocycles. The molecule has 0 radical (unpaired) electrons. The zero-order chi connectivity index (χ0) is 34.8. The Kier molecular flexibility index (Phi) is 7.93. The number of nitrogens with one attached hydrogen (secondary N) is 1. The maximum atomic E-state index is 3.78. The van der Waals surface area contributed by atoms with Crippen LogP contribution in [0.2, 0.25) is 0 Å². The molecule has 3 fully saturated rings. The number of benzene rings is 6. The Morgan fingerprint density at radius 3 is 2.12 bits per heavy atom. The molecule has 7 atom stereocenters. The minimum atomic E-state index is 0.489. The van der Waals surface area contributed by atoms with Gasteiger partial charge in [-0.05, 0) is 154 Å². The maximum absolute atomic E-state index is 3.78. The second kappa shape index (κ2) is 13.0. The quantitative estimate of drug-likeness (QED) is 0.165. The third kappa shape index (κ3) is 5.61. The largest absolute Gasteiger partial charge is 0.354 e. The molecule has 10 rings (SSSR count). The first-order valence-electron chi connectivity index (χ1n) is 20.0. The lowest BCUT2D eigenvalue weighted by molar-refractivity contribution is 0.0752. The van der Waals surface area contributed by atoms with E-state index in [9.17, 15) is 0 Å². The Labute approximate surface area is 309 Å². The Morgan fingerprint density at radius 2 is 1.27 bits per heavy atom. The molecule has 1 aromatic heterocycles. The fraction of sp³-hybridized carbons (Fsp3) is 0.294. The van der Waals surface area contributed by atoms with Crippen molar-refractivity contribution in [2.45, 2.75) is 64.2 Å². The highest BCUT2D eigenvalue weighted by molar-refractivity contribution is 6.08. The predicted molar refractivity (Wildman–Crippen MR) is 220 cm³/mol. The first-order chi connectivity index (χ1) is 25.6. The van der Waals surface area contributed by atoms with E-state index in [2.05, 4.69) is 158 Å². The minimum Gasteiger partial charge on any atom is -0.354 e. The van der Waals surface area contributed by atoms with E-state index in [1.165, 1.54) is 92.0 Å². The molecule has 0 saturated heterocycles. The summed E-state index contributed by atoms with van der Waals surface area (Å²) >= 11 is 0. The molecule has 3 aliphatic carbocycles. The van der Waals surface area contributed by atoms with Crippen LogP contribution in [0.3, 0.4) is 0 Å². The maximum Gasteiger partial charge on any atom is 0.0471 e. The van der Waals surface area contributed by atoms with Crippen LogP contribution in [0, 0.1) is 29.6 Å². The van der Waals surface area contributed by atoms with E-state index in [0.717, 1.165) is 42.4 Å². The topological polar surface area (TPSA) is 15.8 Å². The van der Waals surface area contributed by atoms with Crippen molar-refractivity contribution in [2.75, 3.05) is 0 Å². The van der Waals surface area contributed by atoms with Crippen LogP contribution in [-0.2, 0) is 6.42 Å². The van der Waals surface area contributed by atoms with Gasteiger partial charge in [-0.15, -0.1) is 0 Å². The molecule has 2 unspecified atom stereocenters. The van der Waals surface area contributed by atoms with Gasteiger partial charge in [-0.1, -0.05) is 129 Å². The Bertz CT molecular complexity index is 2380. The number of rotatable bonds is 8. The summed E-state index contributed by atoms with van der Waals surface area (Å²) in [5.41, 5.74) is 14.8. The van der Waals surface area contributed by atoms with E-state index in [-0.39, 0.29) is 0 Å². The van der Waals surface area contributed by atoms with Crippen LogP contribution in [0.1, 0.15) is 74.5 Å². The molecule has 3 aliphatic rings. The van der Waals surface area contributed by atoms with Crippen LogP contribution >= 0.6 is 0 Å². The van der Waals surface area contributed by atoms with Crippen molar-refractivity contribution in [1.82, 2.24) is 4.98 Å². The number of aromatic amines is 1. The van der Waals surface area contributed by atoms with Crippen LogP contribution < -0.4 is 0 Å². The predicted octanol–water partition coefficient (Wildman–Crippen LogP) is 13.8. The average Bonchev–Trinajstić information content (AvgIpc) is 3.69. The molecular weight excluding hydrogens is 627 g/mol. The van der Waals surface area contributed by atoms with E-state index in [4.69, 9.17) is 0 Å². The monoisotopic (exact) mass is 675 g/mol. The van der Waals surface area contributed by atoms with Gasteiger partial charge in [0.2, 0.25) is 0 Å². The van der Waals surface area contributed by atoms with Crippen molar-refractivity contribution >= 4 is 21.8 Å². The van der Waals surface area contributed by atoms with E-state index < -0.39 is 0 Å². The lowest BCUT2D eigenvalue weighted by atomic mass is 9.62.